The second-order valence-corrected chi connectivity index (χ2v) is 6.18. The number of ether oxygens (including phenoxy) is 1. The number of para-hydroxylation sites is 1. The van der Waals surface area contributed by atoms with Crippen molar-refractivity contribution in [3.05, 3.63) is 29.3 Å². The summed E-state index contributed by atoms with van der Waals surface area (Å²) in [5.41, 5.74) is 0. The van der Waals surface area contributed by atoms with Gasteiger partial charge >= 0.3 is 12.1 Å². The van der Waals surface area contributed by atoms with Crippen molar-refractivity contribution in [3.63, 3.8) is 0 Å². The van der Waals surface area contributed by atoms with Gasteiger partial charge < -0.3 is 14.7 Å². The maximum absolute atomic E-state index is 12.9. The van der Waals surface area contributed by atoms with Crippen molar-refractivity contribution in [2.24, 2.45) is 11.8 Å². The van der Waals surface area contributed by atoms with E-state index in [4.69, 9.17) is 21.4 Å². The Kier molecular flexibility index (Phi) is 6.16. The zero-order valence-corrected chi connectivity index (χ0v) is 13.9. The SMILES string of the molecule is O=C(O)[C@@H]1CN(C(=O)CCCOc2ccccc2Cl)C[C@H]1C(F)(F)F. The average Bonchev–Trinajstić information content (AvgIpc) is 2.99. The van der Waals surface area contributed by atoms with Crippen LogP contribution in [0.25, 0.3) is 0 Å². The second-order valence-electron chi connectivity index (χ2n) is 5.77. The van der Waals surface area contributed by atoms with Gasteiger partial charge in [-0.25, -0.2) is 0 Å². The quantitative estimate of drug-likeness (QED) is 0.771. The molecule has 1 N–H and O–H groups in total. The second kappa shape index (κ2) is 7.95. The Bertz CT molecular complexity index is 638. The van der Waals surface area contributed by atoms with Gasteiger partial charge in [0.05, 0.1) is 23.5 Å². The highest BCUT2D eigenvalue weighted by molar-refractivity contribution is 6.32. The van der Waals surface area contributed by atoms with E-state index in [0.29, 0.717) is 10.8 Å². The number of benzene rings is 1. The molecule has 1 fully saturated rings. The van der Waals surface area contributed by atoms with E-state index in [2.05, 4.69) is 0 Å². The van der Waals surface area contributed by atoms with Crippen LogP contribution in [0.1, 0.15) is 12.8 Å². The molecule has 2 atom stereocenters. The molecule has 1 aromatic carbocycles. The number of likely N-dealkylation sites (tertiary alicyclic amines) is 1. The van der Waals surface area contributed by atoms with Gasteiger partial charge in [0.25, 0.3) is 0 Å². The highest BCUT2D eigenvalue weighted by Gasteiger charge is 2.53. The monoisotopic (exact) mass is 379 g/mol. The number of nitrogens with zero attached hydrogens (tertiary/aromatic N) is 1. The molecule has 0 saturated carbocycles. The van der Waals surface area contributed by atoms with Gasteiger partial charge in [-0.05, 0) is 18.6 Å². The zero-order chi connectivity index (χ0) is 18.6. The fourth-order valence-corrected chi connectivity index (χ4v) is 2.91. The van der Waals surface area contributed by atoms with Gasteiger partial charge in [0, 0.05) is 19.5 Å². The third-order valence-corrected chi connectivity index (χ3v) is 4.35. The van der Waals surface area contributed by atoms with Gasteiger partial charge in [0.15, 0.2) is 0 Å². The highest BCUT2D eigenvalue weighted by atomic mass is 35.5. The molecule has 1 aliphatic rings. The maximum Gasteiger partial charge on any atom is 0.394 e. The molecule has 2 rings (SSSR count). The number of rotatable bonds is 6. The molecule has 0 spiro atoms. The van der Waals surface area contributed by atoms with Crippen LogP contribution in [0.3, 0.4) is 0 Å². The lowest BCUT2D eigenvalue weighted by Crippen LogP contribution is -2.34. The first-order valence-corrected chi connectivity index (χ1v) is 8.02. The van der Waals surface area contributed by atoms with Crippen LogP contribution in [-0.2, 0) is 9.59 Å². The molecule has 1 aromatic rings. The number of carboxylic acid groups (broad SMARTS) is 1. The van der Waals surface area contributed by atoms with E-state index in [0.717, 1.165) is 4.90 Å². The molecule has 1 amide bonds. The smallest absolute Gasteiger partial charge is 0.394 e. The van der Waals surface area contributed by atoms with Gasteiger partial charge in [0.1, 0.15) is 5.75 Å². The van der Waals surface area contributed by atoms with Crippen molar-refractivity contribution in [2.45, 2.75) is 19.0 Å². The molecule has 25 heavy (non-hydrogen) atoms. The van der Waals surface area contributed by atoms with E-state index in [-0.39, 0.29) is 19.4 Å². The molecule has 0 aromatic heterocycles. The minimum atomic E-state index is -4.65. The standard InChI is InChI=1S/C16H17ClF3NO4/c17-12-4-1-2-5-13(12)25-7-3-6-14(22)21-8-10(15(23)24)11(9-21)16(18,19)20/h1-2,4-5,10-11H,3,6-9H2,(H,23,24)/t10-,11-/m1/s1. The summed E-state index contributed by atoms with van der Waals surface area (Å²) in [7, 11) is 0. The van der Waals surface area contributed by atoms with Crippen molar-refractivity contribution in [3.8, 4) is 5.75 Å². The Morgan fingerprint density at radius 2 is 1.96 bits per heavy atom. The molecule has 1 saturated heterocycles. The number of hydrogen-bond donors (Lipinski definition) is 1. The fraction of sp³-hybridized carbons (Fsp3) is 0.500. The van der Waals surface area contributed by atoms with Crippen molar-refractivity contribution in [2.75, 3.05) is 19.7 Å². The van der Waals surface area contributed by atoms with Gasteiger partial charge in [-0.2, -0.15) is 13.2 Å². The lowest BCUT2D eigenvalue weighted by molar-refractivity contribution is -0.188. The predicted molar refractivity (Wildman–Crippen MR) is 83.4 cm³/mol. The van der Waals surface area contributed by atoms with Crippen LogP contribution in [0, 0.1) is 11.8 Å². The minimum absolute atomic E-state index is 0.0264. The molecule has 0 aliphatic carbocycles. The first-order valence-electron chi connectivity index (χ1n) is 7.64. The molecule has 0 radical (unpaired) electrons. The van der Waals surface area contributed by atoms with Crippen LogP contribution in [0.2, 0.25) is 5.02 Å². The third kappa shape index (κ3) is 5.01. The molecule has 1 heterocycles. The number of alkyl halides is 3. The van der Waals surface area contributed by atoms with Gasteiger partial charge in [0.2, 0.25) is 5.91 Å². The number of hydrogen-bond acceptors (Lipinski definition) is 3. The number of amides is 1. The molecule has 0 bridgehead atoms. The van der Waals surface area contributed by atoms with E-state index in [1.165, 1.54) is 0 Å². The largest absolute Gasteiger partial charge is 0.492 e. The summed E-state index contributed by atoms with van der Waals surface area (Å²) >= 11 is 5.91. The molecule has 5 nitrogen and oxygen atoms in total. The predicted octanol–water partition coefficient (Wildman–Crippen LogP) is 3.22. The summed E-state index contributed by atoms with van der Waals surface area (Å²) in [4.78, 5) is 24.0. The van der Waals surface area contributed by atoms with E-state index in [9.17, 15) is 22.8 Å². The normalized spacial score (nSPS) is 20.6. The van der Waals surface area contributed by atoms with Crippen LogP contribution < -0.4 is 4.74 Å². The number of carboxylic acids is 1. The Balaban J connectivity index is 1.83. The van der Waals surface area contributed by atoms with Crippen molar-refractivity contribution < 1.29 is 32.6 Å². The summed E-state index contributed by atoms with van der Waals surface area (Å²) in [5, 5.41) is 9.36. The van der Waals surface area contributed by atoms with Gasteiger partial charge in [-0.1, -0.05) is 23.7 Å². The van der Waals surface area contributed by atoms with Crippen LogP contribution in [0.5, 0.6) is 5.75 Å². The Morgan fingerprint density at radius 1 is 1.28 bits per heavy atom. The first kappa shape index (κ1) is 19.4. The van der Waals surface area contributed by atoms with E-state index in [1.807, 2.05) is 0 Å². The van der Waals surface area contributed by atoms with Crippen LogP contribution in [0.15, 0.2) is 24.3 Å². The lowest BCUT2D eigenvalue weighted by atomic mass is 9.96. The summed E-state index contributed by atoms with van der Waals surface area (Å²) in [6, 6.07) is 6.79. The molecular formula is C16H17ClF3NO4. The number of aliphatic carboxylic acids is 1. The zero-order valence-electron chi connectivity index (χ0n) is 13.1. The fourth-order valence-electron chi connectivity index (χ4n) is 2.71. The van der Waals surface area contributed by atoms with Gasteiger partial charge in [-0.15, -0.1) is 0 Å². The lowest BCUT2D eigenvalue weighted by Gasteiger charge is -2.18. The first-order chi connectivity index (χ1) is 11.7. The minimum Gasteiger partial charge on any atom is -0.492 e. The Labute approximate surface area is 147 Å². The summed E-state index contributed by atoms with van der Waals surface area (Å²) in [6.45, 7) is -0.872. The molecule has 0 unspecified atom stereocenters. The van der Waals surface area contributed by atoms with Crippen molar-refractivity contribution in [1.82, 2.24) is 4.90 Å². The Morgan fingerprint density at radius 3 is 2.52 bits per heavy atom. The van der Waals surface area contributed by atoms with Crippen LogP contribution >= 0.6 is 11.6 Å². The summed E-state index contributed by atoms with van der Waals surface area (Å²) < 4.78 is 44.1. The third-order valence-electron chi connectivity index (χ3n) is 4.04. The molecule has 138 valence electrons. The van der Waals surface area contributed by atoms with Crippen molar-refractivity contribution >= 4 is 23.5 Å². The number of halogens is 4. The summed E-state index contributed by atoms with van der Waals surface area (Å²) in [5.74, 6) is -5.25. The van der Waals surface area contributed by atoms with E-state index in [1.54, 1.807) is 24.3 Å². The van der Waals surface area contributed by atoms with Crippen LogP contribution in [-0.4, -0.2) is 47.8 Å². The molecular weight excluding hydrogens is 363 g/mol. The van der Waals surface area contributed by atoms with Gasteiger partial charge in [-0.3, -0.25) is 9.59 Å². The number of carbonyl (C=O) groups is 2. The molecule has 1 aliphatic heterocycles. The van der Waals surface area contributed by atoms with E-state index < -0.39 is 43.0 Å². The Hall–Kier alpha value is -1.96. The summed E-state index contributed by atoms with van der Waals surface area (Å²) in [6.07, 6.45) is -4.39. The topological polar surface area (TPSA) is 66.8 Å². The van der Waals surface area contributed by atoms with E-state index >= 15 is 0 Å². The van der Waals surface area contributed by atoms with Crippen LogP contribution in [0.4, 0.5) is 13.2 Å². The number of carbonyl (C=O) groups excluding carboxylic acids is 1. The maximum atomic E-state index is 12.9. The molecule has 9 heteroatoms. The van der Waals surface area contributed by atoms with Crippen molar-refractivity contribution in [1.29, 1.82) is 0 Å². The average molecular weight is 380 g/mol. The highest BCUT2D eigenvalue weighted by Crippen LogP contribution is 2.38.